The van der Waals surface area contributed by atoms with Crippen molar-refractivity contribution >= 4 is 0 Å². The molecule has 2 aromatic rings. The molecule has 0 N–H and O–H groups in total. The highest BCUT2D eigenvalue weighted by Crippen LogP contribution is 2.08. The molecule has 1 aromatic carbocycles. The molecule has 0 amide bonds. The van der Waals surface area contributed by atoms with Gasteiger partial charge in [0.05, 0.1) is 5.69 Å². The lowest BCUT2D eigenvalue weighted by atomic mass is 10.3. The Morgan fingerprint density at radius 1 is 1.21 bits per heavy atom. The Bertz CT molecular complexity index is 417. The molecular weight excluding hydrogens is 174 g/mol. The fraction of sp³-hybridized carbons (Fsp3) is 0.273. The van der Waals surface area contributed by atoms with Crippen LogP contribution < -0.4 is 0 Å². The van der Waals surface area contributed by atoms with Crippen molar-refractivity contribution in [3.8, 4) is 5.69 Å². The van der Waals surface area contributed by atoms with Crippen LogP contribution in [0.25, 0.3) is 5.69 Å². The summed E-state index contributed by atoms with van der Waals surface area (Å²) in [5.74, 6) is 1.83. The van der Waals surface area contributed by atoms with E-state index in [1.165, 1.54) is 0 Å². The molecule has 0 radical (unpaired) electrons. The summed E-state index contributed by atoms with van der Waals surface area (Å²) >= 11 is 0. The van der Waals surface area contributed by atoms with Gasteiger partial charge in [-0.3, -0.25) is 0 Å². The molecule has 3 heteroatoms. The zero-order valence-corrected chi connectivity index (χ0v) is 8.44. The predicted octanol–water partition coefficient (Wildman–Crippen LogP) is 2.14. The second-order valence-corrected chi connectivity index (χ2v) is 3.18. The van der Waals surface area contributed by atoms with Gasteiger partial charge in [-0.2, -0.15) is 5.10 Å². The highest BCUT2D eigenvalue weighted by atomic mass is 15.3. The Morgan fingerprint density at radius 3 is 2.50 bits per heavy atom. The van der Waals surface area contributed by atoms with Crippen LogP contribution in [0.5, 0.6) is 0 Å². The molecule has 1 heterocycles. The van der Waals surface area contributed by atoms with Gasteiger partial charge in [-0.05, 0) is 19.1 Å². The van der Waals surface area contributed by atoms with Crippen LogP contribution in [0.3, 0.4) is 0 Å². The van der Waals surface area contributed by atoms with Crippen LogP contribution >= 0.6 is 0 Å². The van der Waals surface area contributed by atoms with E-state index in [0.717, 1.165) is 23.8 Å². The lowest BCUT2D eigenvalue weighted by Crippen LogP contribution is -1.98. The topological polar surface area (TPSA) is 30.7 Å². The summed E-state index contributed by atoms with van der Waals surface area (Å²) in [5.41, 5.74) is 1.07. The van der Waals surface area contributed by atoms with Gasteiger partial charge < -0.3 is 0 Å². The second kappa shape index (κ2) is 3.62. The monoisotopic (exact) mass is 187 g/mol. The van der Waals surface area contributed by atoms with E-state index in [-0.39, 0.29) is 0 Å². The Hall–Kier alpha value is -1.64. The number of para-hydroxylation sites is 1. The molecule has 0 saturated heterocycles. The number of nitrogens with zero attached hydrogens (tertiary/aromatic N) is 3. The average Bonchev–Trinajstić information content (AvgIpc) is 2.61. The summed E-state index contributed by atoms with van der Waals surface area (Å²) in [7, 11) is 0. The summed E-state index contributed by atoms with van der Waals surface area (Å²) in [6.45, 7) is 4.03. The molecule has 1 aromatic heterocycles. The van der Waals surface area contributed by atoms with E-state index in [1.807, 2.05) is 41.9 Å². The molecular formula is C11H13N3. The fourth-order valence-electron chi connectivity index (χ4n) is 1.41. The first-order valence-corrected chi connectivity index (χ1v) is 4.79. The van der Waals surface area contributed by atoms with Gasteiger partial charge in [0.15, 0.2) is 5.82 Å². The molecule has 0 aliphatic heterocycles. The summed E-state index contributed by atoms with van der Waals surface area (Å²) in [6, 6.07) is 10.1. The molecule has 2 rings (SSSR count). The van der Waals surface area contributed by atoms with Gasteiger partial charge in [0.2, 0.25) is 0 Å². The summed E-state index contributed by atoms with van der Waals surface area (Å²) in [5, 5.41) is 4.40. The van der Waals surface area contributed by atoms with Gasteiger partial charge in [-0.15, -0.1) is 0 Å². The van der Waals surface area contributed by atoms with Gasteiger partial charge in [0.1, 0.15) is 5.82 Å². The molecule has 72 valence electrons. The van der Waals surface area contributed by atoms with Gasteiger partial charge in [0, 0.05) is 6.42 Å². The third-order valence-corrected chi connectivity index (χ3v) is 2.13. The third-order valence-electron chi connectivity index (χ3n) is 2.13. The van der Waals surface area contributed by atoms with Crippen LogP contribution in [0, 0.1) is 6.92 Å². The predicted molar refractivity (Wildman–Crippen MR) is 55.5 cm³/mol. The molecule has 14 heavy (non-hydrogen) atoms. The van der Waals surface area contributed by atoms with Crippen LogP contribution in [0.2, 0.25) is 0 Å². The van der Waals surface area contributed by atoms with Crippen molar-refractivity contribution in [2.75, 3.05) is 0 Å². The fourth-order valence-corrected chi connectivity index (χ4v) is 1.41. The Balaban J connectivity index is 2.46. The van der Waals surface area contributed by atoms with Crippen LogP contribution in [0.15, 0.2) is 30.3 Å². The largest absolute Gasteiger partial charge is 0.218 e. The Kier molecular flexibility index (Phi) is 2.31. The van der Waals surface area contributed by atoms with E-state index >= 15 is 0 Å². The zero-order chi connectivity index (χ0) is 9.97. The van der Waals surface area contributed by atoms with Crippen molar-refractivity contribution in [2.45, 2.75) is 20.3 Å². The minimum Gasteiger partial charge on any atom is -0.218 e. The molecule has 0 bridgehead atoms. The number of aryl methyl sites for hydroxylation is 2. The normalized spacial score (nSPS) is 10.4. The van der Waals surface area contributed by atoms with Crippen LogP contribution in [0.1, 0.15) is 18.6 Å². The Morgan fingerprint density at radius 2 is 1.93 bits per heavy atom. The number of rotatable bonds is 2. The van der Waals surface area contributed by atoms with Crippen molar-refractivity contribution in [3.63, 3.8) is 0 Å². The minimum atomic E-state index is 0.876. The quantitative estimate of drug-likeness (QED) is 0.721. The maximum atomic E-state index is 4.40. The Labute approximate surface area is 83.4 Å². The molecule has 0 fully saturated rings. The van der Waals surface area contributed by atoms with Crippen molar-refractivity contribution in [1.29, 1.82) is 0 Å². The number of benzene rings is 1. The SMILES string of the molecule is CCc1nc(C)n(-c2ccccc2)n1. The van der Waals surface area contributed by atoms with Crippen LogP contribution in [-0.2, 0) is 6.42 Å². The number of hydrogen-bond donors (Lipinski definition) is 0. The van der Waals surface area contributed by atoms with Crippen LogP contribution in [-0.4, -0.2) is 14.8 Å². The lowest BCUT2D eigenvalue weighted by molar-refractivity contribution is 0.818. The number of hydrogen-bond acceptors (Lipinski definition) is 2. The van der Waals surface area contributed by atoms with Crippen molar-refractivity contribution in [1.82, 2.24) is 14.8 Å². The molecule has 0 aliphatic carbocycles. The van der Waals surface area contributed by atoms with E-state index in [9.17, 15) is 0 Å². The maximum Gasteiger partial charge on any atom is 0.151 e. The average molecular weight is 187 g/mol. The van der Waals surface area contributed by atoms with E-state index in [0.29, 0.717) is 0 Å². The van der Waals surface area contributed by atoms with Crippen LogP contribution in [0.4, 0.5) is 0 Å². The summed E-state index contributed by atoms with van der Waals surface area (Å²) in [4.78, 5) is 4.36. The van der Waals surface area contributed by atoms with E-state index in [4.69, 9.17) is 0 Å². The van der Waals surface area contributed by atoms with Crippen molar-refractivity contribution in [2.24, 2.45) is 0 Å². The van der Waals surface area contributed by atoms with Crippen molar-refractivity contribution in [3.05, 3.63) is 42.0 Å². The molecule has 0 atom stereocenters. The lowest BCUT2D eigenvalue weighted by Gasteiger charge is -2.00. The smallest absolute Gasteiger partial charge is 0.151 e. The van der Waals surface area contributed by atoms with Gasteiger partial charge >= 0.3 is 0 Å². The van der Waals surface area contributed by atoms with E-state index in [1.54, 1.807) is 0 Å². The third kappa shape index (κ3) is 1.53. The number of aromatic nitrogens is 3. The standard InChI is InChI=1S/C11H13N3/c1-3-11-12-9(2)14(13-11)10-7-5-4-6-8-10/h4-8H,3H2,1-2H3. The molecule has 0 saturated carbocycles. The molecule has 0 unspecified atom stereocenters. The highest BCUT2D eigenvalue weighted by Gasteiger charge is 2.04. The second-order valence-electron chi connectivity index (χ2n) is 3.18. The van der Waals surface area contributed by atoms with Gasteiger partial charge in [-0.25, -0.2) is 9.67 Å². The van der Waals surface area contributed by atoms with Gasteiger partial charge in [-0.1, -0.05) is 25.1 Å². The molecule has 0 spiro atoms. The maximum absolute atomic E-state index is 4.40. The summed E-state index contributed by atoms with van der Waals surface area (Å²) < 4.78 is 1.87. The van der Waals surface area contributed by atoms with Gasteiger partial charge in [0.25, 0.3) is 0 Å². The summed E-state index contributed by atoms with van der Waals surface area (Å²) in [6.07, 6.45) is 0.876. The molecule has 0 aliphatic rings. The first kappa shape index (κ1) is 8.94. The zero-order valence-electron chi connectivity index (χ0n) is 8.44. The van der Waals surface area contributed by atoms with E-state index < -0.39 is 0 Å². The molecule has 3 nitrogen and oxygen atoms in total. The highest BCUT2D eigenvalue weighted by molar-refractivity contribution is 5.30. The first-order chi connectivity index (χ1) is 6.81. The van der Waals surface area contributed by atoms with E-state index in [2.05, 4.69) is 17.0 Å². The first-order valence-electron chi connectivity index (χ1n) is 4.79. The minimum absolute atomic E-state index is 0.876. The van der Waals surface area contributed by atoms with Crippen molar-refractivity contribution < 1.29 is 0 Å².